The molecule has 0 saturated carbocycles. The average molecular weight is 907 g/mol. The number of nitrogens with zero attached hydrogens (tertiary/aromatic N) is 11. The molecule has 2 aromatic carbocycles. The van der Waals surface area contributed by atoms with Crippen molar-refractivity contribution in [3.63, 3.8) is 0 Å². The second-order valence-corrected chi connectivity index (χ2v) is 18.8. The lowest BCUT2D eigenvalue weighted by atomic mass is 9.92. The third-order valence-electron chi connectivity index (χ3n) is 14.8. The summed E-state index contributed by atoms with van der Waals surface area (Å²) in [7, 11) is 3.54. The number of piperidine rings is 2. The van der Waals surface area contributed by atoms with Crippen molar-refractivity contribution in [2.24, 2.45) is 14.1 Å². The number of carbonyl (C=O) groups excluding carboxylic acids is 3. The number of halogens is 2. The van der Waals surface area contributed by atoms with Gasteiger partial charge in [0, 0.05) is 120 Å². The second kappa shape index (κ2) is 18.1. The predicted molar refractivity (Wildman–Crippen MR) is 247 cm³/mol. The number of rotatable bonds is 11. The van der Waals surface area contributed by atoms with Crippen molar-refractivity contribution in [1.82, 2.24) is 48.7 Å². The van der Waals surface area contributed by atoms with Crippen molar-refractivity contribution in [3.05, 3.63) is 75.6 Å². The summed E-state index contributed by atoms with van der Waals surface area (Å²) in [6.45, 7) is 10.9. The number of hydrogen-bond acceptors (Lipinski definition) is 10. The monoisotopic (exact) mass is 906 g/mol. The molecule has 350 valence electrons. The highest BCUT2D eigenvalue weighted by Crippen LogP contribution is 2.44. The summed E-state index contributed by atoms with van der Waals surface area (Å²) < 4.78 is 36.5. The Kier molecular flexibility index (Phi) is 12.0. The molecule has 5 aliphatic heterocycles. The number of aryl methyl sites for hydroxylation is 3. The van der Waals surface area contributed by atoms with Gasteiger partial charge < -0.3 is 19.6 Å². The summed E-state index contributed by atoms with van der Waals surface area (Å²) in [6.07, 6.45) is 7.82. The molecule has 3 fully saturated rings. The molecule has 3 amide bonds. The molecule has 18 heteroatoms. The molecule has 10 rings (SSSR count). The summed E-state index contributed by atoms with van der Waals surface area (Å²) in [4.78, 5) is 62.1. The first kappa shape index (κ1) is 44.0. The van der Waals surface area contributed by atoms with Crippen LogP contribution in [-0.2, 0) is 47.9 Å². The van der Waals surface area contributed by atoms with Crippen molar-refractivity contribution in [2.75, 3.05) is 75.2 Å². The van der Waals surface area contributed by atoms with Gasteiger partial charge in [-0.15, -0.1) is 0 Å². The topological polar surface area (TPSA) is 142 Å². The fourth-order valence-corrected chi connectivity index (χ4v) is 11.2. The van der Waals surface area contributed by atoms with E-state index in [-0.39, 0.29) is 35.5 Å². The van der Waals surface area contributed by atoms with E-state index in [0.717, 1.165) is 125 Å². The Hall–Kier alpha value is -5.88. The van der Waals surface area contributed by atoms with E-state index >= 15 is 0 Å². The van der Waals surface area contributed by atoms with E-state index in [0.29, 0.717) is 49.1 Å². The Morgan fingerprint density at radius 3 is 2.33 bits per heavy atom. The molecule has 16 nitrogen and oxygen atoms in total. The standard InChI is InChI=1S/C48H60F2N12O4/c1-31(63)59-21-15-38-37(30-59)46(60-18-7-8-32-26-35(33-28-51-54(2)29-33)36(45(49)50)27-42(32)60)53-62(38)34-13-19-56(20-14-34)16-4-5-17-57-22-24-58(25-23-57)39-9-6-10-40-44(39)55(3)48(66)61(40)41-11-12-43(64)52-47(41)65/h6,9-10,26-29,34,41,45H,4-5,7-8,11-25,30H2,1-3H3,(H,52,64,65). The van der Waals surface area contributed by atoms with Crippen LogP contribution in [0.5, 0.6) is 0 Å². The highest BCUT2D eigenvalue weighted by Gasteiger charge is 2.36. The predicted octanol–water partition coefficient (Wildman–Crippen LogP) is 5.08. The molecule has 5 aliphatic rings. The van der Waals surface area contributed by atoms with Crippen molar-refractivity contribution >= 4 is 45.9 Å². The molecule has 1 unspecified atom stereocenters. The minimum atomic E-state index is -2.65. The normalized spacial score (nSPS) is 20.1. The number of amides is 3. The van der Waals surface area contributed by atoms with Gasteiger partial charge in [-0.3, -0.25) is 43.1 Å². The van der Waals surface area contributed by atoms with E-state index in [4.69, 9.17) is 5.10 Å². The maximum Gasteiger partial charge on any atom is 0.329 e. The van der Waals surface area contributed by atoms with E-state index in [2.05, 4.69) is 40.8 Å². The summed E-state index contributed by atoms with van der Waals surface area (Å²) >= 11 is 0. The molecular weight excluding hydrogens is 847 g/mol. The van der Waals surface area contributed by atoms with Crippen LogP contribution in [0.4, 0.5) is 26.0 Å². The first-order valence-electron chi connectivity index (χ1n) is 23.7. The smallest absolute Gasteiger partial charge is 0.329 e. The number of alkyl halides is 2. The van der Waals surface area contributed by atoms with Gasteiger partial charge in [-0.1, -0.05) is 6.07 Å². The number of imide groups is 1. The van der Waals surface area contributed by atoms with Crippen LogP contribution in [0.15, 0.2) is 47.5 Å². The zero-order valence-electron chi connectivity index (χ0n) is 38.2. The van der Waals surface area contributed by atoms with Gasteiger partial charge in [-0.25, -0.2) is 13.6 Å². The molecule has 5 aromatic rings. The summed E-state index contributed by atoms with van der Waals surface area (Å²) in [6, 6.07) is 8.99. The van der Waals surface area contributed by atoms with Crippen molar-refractivity contribution in [2.45, 2.75) is 89.8 Å². The average Bonchev–Trinajstić information content (AvgIpc) is 4.00. The summed E-state index contributed by atoms with van der Waals surface area (Å²) in [5, 5.41) is 12.0. The Labute approximate surface area is 382 Å². The number of likely N-dealkylation sites (tertiary alicyclic amines) is 1. The van der Waals surface area contributed by atoms with E-state index in [9.17, 15) is 28.0 Å². The largest absolute Gasteiger partial charge is 0.367 e. The number of hydrogen-bond donors (Lipinski definition) is 1. The number of imidazole rings is 1. The van der Waals surface area contributed by atoms with Crippen LogP contribution in [0, 0.1) is 0 Å². The Balaban J connectivity index is 0.758. The zero-order chi connectivity index (χ0) is 45.8. The molecule has 8 heterocycles. The first-order chi connectivity index (χ1) is 31.9. The maximum atomic E-state index is 14.7. The van der Waals surface area contributed by atoms with Crippen LogP contribution in [0.25, 0.3) is 22.2 Å². The Bertz CT molecular complexity index is 2720. The van der Waals surface area contributed by atoms with Gasteiger partial charge in [0.15, 0.2) is 5.82 Å². The molecule has 66 heavy (non-hydrogen) atoms. The van der Waals surface area contributed by atoms with Crippen LogP contribution in [0.3, 0.4) is 0 Å². The van der Waals surface area contributed by atoms with E-state index in [1.54, 1.807) is 53.3 Å². The number of benzene rings is 2. The number of unbranched alkanes of at least 4 members (excludes halogenated alkanes) is 1. The number of para-hydroxylation sites is 1. The zero-order valence-corrected chi connectivity index (χ0v) is 38.2. The van der Waals surface area contributed by atoms with Crippen molar-refractivity contribution < 1.29 is 23.2 Å². The SMILES string of the molecule is CC(=O)N1CCc2c(c(N3CCCc4cc(-c5cnn(C)c5)c(C(F)F)cc43)nn2C2CCN(CCCCN3CCN(c4cccc5c4n(C)c(=O)n5C4CCC(=O)NC4=O)CC3)CC2)C1. The second-order valence-electron chi connectivity index (χ2n) is 18.8. The maximum absolute atomic E-state index is 14.7. The van der Waals surface area contributed by atoms with Gasteiger partial charge >= 0.3 is 5.69 Å². The molecule has 3 aromatic heterocycles. The van der Waals surface area contributed by atoms with Gasteiger partial charge in [0.2, 0.25) is 17.7 Å². The number of carbonyl (C=O) groups is 3. The molecule has 0 spiro atoms. The van der Waals surface area contributed by atoms with E-state index in [1.165, 1.54) is 5.69 Å². The van der Waals surface area contributed by atoms with E-state index in [1.807, 2.05) is 23.1 Å². The number of fused-ring (bicyclic) bond motifs is 3. The summed E-state index contributed by atoms with van der Waals surface area (Å²) in [5.74, 6) is 0.0900. The van der Waals surface area contributed by atoms with Crippen LogP contribution >= 0.6 is 0 Å². The molecule has 0 aliphatic carbocycles. The fraction of sp³-hybridized carbons (Fsp3) is 0.542. The fourth-order valence-electron chi connectivity index (χ4n) is 11.2. The molecular formula is C48H60F2N12O4. The third-order valence-corrected chi connectivity index (χ3v) is 14.8. The van der Waals surface area contributed by atoms with Gasteiger partial charge in [0.05, 0.1) is 35.5 Å². The highest BCUT2D eigenvalue weighted by molar-refractivity contribution is 6.00. The lowest BCUT2D eigenvalue weighted by molar-refractivity contribution is -0.135. The number of nitrogens with one attached hydrogen (secondary N) is 1. The Morgan fingerprint density at radius 2 is 1.64 bits per heavy atom. The molecule has 0 bridgehead atoms. The minimum absolute atomic E-state index is 0.0104. The quantitative estimate of drug-likeness (QED) is 0.141. The van der Waals surface area contributed by atoms with E-state index < -0.39 is 18.4 Å². The Morgan fingerprint density at radius 1 is 0.879 bits per heavy atom. The molecule has 1 N–H and O–H groups in total. The number of aromatic nitrogens is 6. The number of piperazine rings is 1. The van der Waals surface area contributed by atoms with Crippen molar-refractivity contribution in [3.8, 4) is 11.1 Å². The third kappa shape index (κ3) is 8.19. The minimum Gasteiger partial charge on any atom is -0.367 e. The summed E-state index contributed by atoms with van der Waals surface area (Å²) in [5.41, 5.74) is 7.44. The van der Waals surface area contributed by atoms with Crippen LogP contribution in [0.2, 0.25) is 0 Å². The lowest BCUT2D eigenvalue weighted by Gasteiger charge is -2.37. The first-order valence-corrected chi connectivity index (χ1v) is 23.7. The van der Waals surface area contributed by atoms with Crippen LogP contribution in [-0.4, -0.2) is 127 Å². The number of anilines is 3. The van der Waals surface area contributed by atoms with Crippen LogP contribution < -0.4 is 20.8 Å². The molecule has 3 saturated heterocycles. The molecule has 1 atom stereocenters. The van der Waals surface area contributed by atoms with Gasteiger partial charge in [-0.05, 0) is 93.4 Å². The van der Waals surface area contributed by atoms with Crippen LogP contribution in [0.1, 0.15) is 92.8 Å². The highest BCUT2D eigenvalue weighted by atomic mass is 19.3. The molecule has 0 radical (unpaired) electrons. The van der Waals surface area contributed by atoms with Gasteiger partial charge in [0.25, 0.3) is 6.43 Å². The lowest BCUT2D eigenvalue weighted by Crippen LogP contribution is -2.46. The van der Waals surface area contributed by atoms with Gasteiger partial charge in [0.1, 0.15) is 6.04 Å². The van der Waals surface area contributed by atoms with Crippen molar-refractivity contribution in [1.29, 1.82) is 0 Å². The van der Waals surface area contributed by atoms with Gasteiger partial charge in [-0.2, -0.15) is 10.2 Å².